The summed E-state index contributed by atoms with van der Waals surface area (Å²) in [7, 11) is 2.93. The van der Waals surface area contributed by atoms with E-state index in [0.29, 0.717) is 40.5 Å². The molecule has 2 N–H and O–H groups in total. The van der Waals surface area contributed by atoms with Crippen LogP contribution < -0.4 is 25.8 Å². The van der Waals surface area contributed by atoms with E-state index in [-0.39, 0.29) is 18.1 Å². The summed E-state index contributed by atoms with van der Waals surface area (Å²) in [6, 6.07) is 19.3. The zero-order valence-corrected chi connectivity index (χ0v) is 20.4. The molecule has 0 aliphatic heterocycles. The van der Waals surface area contributed by atoms with E-state index in [0.717, 1.165) is 11.9 Å². The van der Waals surface area contributed by atoms with Crippen LogP contribution in [0.1, 0.15) is 23.7 Å². The van der Waals surface area contributed by atoms with Crippen LogP contribution in [0.4, 0.5) is 11.4 Å². The lowest BCUT2D eigenvalue weighted by molar-refractivity contribution is -0.116. The van der Waals surface area contributed by atoms with E-state index in [1.807, 2.05) is 37.3 Å². The first-order valence-electron chi connectivity index (χ1n) is 11.6. The third kappa shape index (κ3) is 4.95. The molecular weight excluding hydrogens is 460 g/mol. The molecule has 4 rings (SSSR count). The minimum absolute atomic E-state index is 0.173. The van der Waals surface area contributed by atoms with Crippen molar-refractivity contribution in [3.05, 3.63) is 82.8 Å². The molecule has 0 saturated carbocycles. The van der Waals surface area contributed by atoms with Crippen LogP contribution >= 0.6 is 0 Å². The average Bonchev–Trinajstić information content (AvgIpc) is 3.15. The number of benzene rings is 3. The number of nitrogens with one attached hydrogen (secondary N) is 2. The molecule has 0 aliphatic rings. The van der Waals surface area contributed by atoms with Crippen LogP contribution in [0.15, 0.2) is 71.5 Å². The number of para-hydroxylation sites is 2. The molecule has 4 aromatic rings. The lowest BCUT2D eigenvalue weighted by atomic mass is 10.2. The maximum Gasteiger partial charge on any atom is 0.329 e. The molecule has 36 heavy (non-hydrogen) atoms. The van der Waals surface area contributed by atoms with Gasteiger partial charge in [0.15, 0.2) is 0 Å². The Bertz CT molecular complexity index is 1460. The average molecular weight is 489 g/mol. The van der Waals surface area contributed by atoms with E-state index in [1.165, 1.54) is 18.8 Å². The molecule has 1 heterocycles. The first kappa shape index (κ1) is 24.6. The molecule has 0 saturated heterocycles. The second-order valence-corrected chi connectivity index (χ2v) is 8.13. The summed E-state index contributed by atoms with van der Waals surface area (Å²) in [5, 5.41) is 5.61. The van der Waals surface area contributed by atoms with Gasteiger partial charge in [0.1, 0.15) is 18.0 Å². The topological polar surface area (TPSA) is 104 Å². The van der Waals surface area contributed by atoms with E-state index in [4.69, 9.17) is 9.47 Å². The number of anilines is 2. The van der Waals surface area contributed by atoms with E-state index in [9.17, 15) is 14.4 Å². The monoisotopic (exact) mass is 488 g/mol. The summed E-state index contributed by atoms with van der Waals surface area (Å²) in [4.78, 5) is 38.7. The number of amides is 2. The number of aromatic nitrogens is 2. The van der Waals surface area contributed by atoms with Crippen molar-refractivity contribution >= 4 is 34.2 Å². The first-order valence-corrected chi connectivity index (χ1v) is 11.6. The highest BCUT2D eigenvalue weighted by atomic mass is 16.5. The van der Waals surface area contributed by atoms with E-state index < -0.39 is 5.91 Å². The Morgan fingerprint density at radius 2 is 1.36 bits per heavy atom. The van der Waals surface area contributed by atoms with Crippen molar-refractivity contribution in [1.29, 1.82) is 0 Å². The van der Waals surface area contributed by atoms with Gasteiger partial charge in [-0.25, -0.2) is 4.79 Å². The van der Waals surface area contributed by atoms with Gasteiger partial charge in [0.25, 0.3) is 5.91 Å². The van der Waals surface area contributed by atoms with Crippen molar-refractivity contribution in [3.8, 4) is 11.5 Å². The Hall–Kier alpha value is -4.53. The number of ether oxygens (including phenoxy) is 2. The standard InChI is InChI=1S/C27H28N4O5/c1-4-14-30-21-12-8-9-13-22(21)31(27(30)34)17-25(32)28-19-15-24(36-3)20(16-23(19)35-2)29-26(33)18-10-6-5-7-11-18/h5-13,15-16H,4,14,17H2,1-3H3,(H,28,32)(H,29,33). The number of nitrogens with zero attached hydrogens (tertiary/aromatic N) is 2. The van der Waals surface area contributed by atoms with Gasteiger partial charge < -0.3 is 20.1 Å². The zero-order valence-electron chi connectivity index (χ0n) is 20.4. The zero-order chi connectivity index (χ0) is 25.7. The second kappa shape index (κ2) is 10.8. The molecule has 0 aliphatic carbocycles. The van der Waals surface area contributed by atoms with Gasteiger partial charge in [-0.3, -0.25) is 18.7 Å². The maximum atomic E-state index is 13.0. The van der Waals surface area contributed by atoms with Crippen molar-refractivity contribution in [2.24, 2.45) is 0 Å². The van der Waals surface area contributed by atoms with Gasteiger partial charge in [0, 0.05) is 24.2 Å². The summed E-state index contributed by atoms with van der Waals surface area (Å²) in [6.45, 7) is 2.39. The number of hydrogen-bond acceptors (Lipinski definition) is 5. The molecule has 0 unspecified atom stereocenters. The molecule has 0 bridgehead atoms. The second-order valence-electron chi connectivity index (χ2n) is 8.13. The highest BCUT2D eigenvalue weighted by molar-refractivity contribution is 6.05. The van der Waals surface area contributed by atoms with Crippen LogP contribution in [-0.4, -0.2) is 35.2 Å². The van der Waals surface area contributed by atoms with Gasteiger partial charge in [-0.1, -0.05) is 37.3 Å². The summed E-state index contributed by atoms with van der Waals surface area (Å²) in [6.07, 6.45) is 0.796. The lowest BCUT2D eigenvalue weighted by Gasteiger charge is -2.16. The van der Waals surface area contributed by atoms with Crippen molar-refractivity contribution in [1.82, 2.24) is 9.13 Å². The van der Waals surface area contributed by atoms with Crippen LogP contribution in [0.25, 0.3) is 11.0 Å². The first-order chi connectivity index (χ1) is 17.5. The fourth-order valence-corrected chi connectivity index (χ4v) is 4.08. The molecule has 0 radical (unpaired) electrons. The molecule has 9 heteroatoms. The lowest BCUT2D eigenvalue weighted by Crippen LogP contribution is -2.29. The van der Waals surface area contributed by atoms with E-state index >= 15 is 0 Å². The predicted octanol–water partition coefficient (Wildman–Crippen LogP) is 4.12. The molecule has 0 atom stereocenters. The molecule has 0 fully saturated rings. The smallest absolute Gasteiger partial charge is 0.329 e. The largest absolute Gasteiger partial charge is 0.494 e. The van der Waals surface area contributed by atoms with Crippen LogP contribution in [0.5, 0.6) is 11.5 Å². The molecule has 3 aromatic carbocycles. The Morgan fingerprint density at radius 3 is 1.94 bits per heavy atom. The predicted molar refractivity (Wildman–Crippen MR) is 139 cm³/mol. The quantitative estimate of drug-likeness (QED) is 0.369. The molecule has 2 amide bonds. The number of hydrogen-bond donors (Lipinski definition) is 2. The third-order valence-electron chi connectivity index (χ3n) is 5.75. The number of imidazole rings is 1. The number of fused-ring (bicyclic) bond motifs is 1. The SMILES string of the molecule is CCCn1c(=O)n(CC(=O)Nc2cc(OC)c(NC(=O)c3ccccc3)cc2OC)c2ccccc21. The Balaban J connectivity index is 1.59. The van der Waals surface area contributed by atoms with Gasteiger partial charge in [0.2, 0.25) is 5.91 Å². The van der Waals surface area contributed by atoms with Gasteiger partial charge >= 0.3 is 5.69 Å². The third-order valence-corrected chi connectivity index (χ3v) is 5.75. The Morgan fingerprint density at radius 1 is 0.806 bits per heavy atom. The number of carbonyl (C=O) groups is 2. The number of methoxy groups -OCH3 is 2. The highest BCUT2D eigenvalue weighted by Gasteiger charge is 2.19. The van der Waals surface area contributed by atoms with Crippen LogP contribution in [0.3, 0.4) is 0 Å². The number of carbonyl (C=O) groups excluding carboxylic acids is 2. The van der Waals surface area contributed by atoms with Crippen LogP contribution in [0, 0.1) is 0 Å². The molecule has 0 spiro atoms. The number of rotatable bonds is 9. The van der Waals surface area contributed by atoms with Crippen molar-refractivity contribution in [3.63, 3.8) is 0 Å². The number of aryl methyl sites for hydroxylation is 1. The minimum Gasteiger partial charge on any atom is -0.494 e. The molecule has 186 valence electrons. The normalized spacial score (nSPS) is 10.8. The Kier molecular flexibility index (Phi) is 7.39. The van der Waals surface area contributed by atoms with Gasteiger partial charge in [-0.2, -0.15) is 0 Å². The van der Waals surface area contributed by atoms with E-state index in [1.54, 1.807) is 41.0 Å². The van der Waals surface area contributed by atoms with Crippen LogP contribution in [-0.2, 0) is 17.9 Å². The maximum absolute atomic E-state index is 13.0. The van der Waals surface area contributed by atoms with Gasteiger partial charge in [-0.05, 0) is 30.7 Å². The van der Waals surface area contributed by atoms with E-state index in [2.05, 4.69) is 10.6 Å². The fraction of sp³-hybridized carbons (Fsp3) is 0.222. The van der Waals surface area contributed by atoms with Crippen molar-refractivity contribution < 1.29 is 19.1 Å². The highest BCUT2D eigenvalue weighted by Crippen LogP contribution is 2.36. The molecular formula is C27H28N4O5. The van der Waals surface area contributed by atoms with Crippen LogP contribution in [0.2, 0.25) is 0 Å². The summed E-state index contributed by atoms with van der Waals surface area (Å²) in [5.74, 6) is -0.0473. The Labute approximate surface area is 208 Å². The minimum atomic E-state index is -0.405. The van der Waals surface area contributed by atoms with Gasteiger partial charge in [0.05, 0.1) is 36.6 Å². The van der Waals surface area contributed by atoms with Crippen molar-refractivity contribution in [2.45, 2.75) is 26.4 Å². The molecule has 1 aromatic heterocycles. The molecule has 9 nitrogen and oxygen atoms in total. The van der Waals surface area contributed by atoms with Crippen molar-refractivity contribution in [2.75, 3.05) is 24.9 Å². The van der Waals surface area contributed by atoms with Gasteiger partial charge in [-0.15, -0.1) is 0 Å². The summed E-state index contributed by atoms with van der Waals surface area (Å²) < 4.78 is 14.0. The summed E-state index contributed by atoms with van der Waals surface area (Å²) in [5.41, 5.74) is 2.47. The fourth-order valence-electron chi connectivity index (χ4n) is 4.08. The summed E-state index contributed by atoms with van der Waals surface area (Å²) >= 11 is 0.